The second kappa shape index (κ2) is 8.92. The van der Waals surface area contributed by atoms with E-state index >= 15 is 0 Å². The first-order valence-corrected chi connectivity index (χ1v) is 9.13. The van der Waals surface area contributed by atoms with E-state index in [9.17, 15) is 0 Å². The molecule has 0 amide bonds. The summed E-state index contributed by atoms with van der Waals surface area (Å²) in [7, 11) is 4.32. The zero-order chi connectivity index (χ0) is 18.4. The molecule has 0 bridgehead atoms. The first-order valence-electron chi connectivity index (χ1n) is 8.72. The van der Waals surface area contributed by atoms with Crippen LogP contribution in [-0.4, -0.2) is 42.2 Å². The van der Waals surface area contributed by atoms with Crippen LogP contribution in [0.3, 0.4) is 0 Å². The zero-order valence-corrected chi connectivity index (χ0v) is 16.7. The third-order valence-electron chi connectivity index (χ3n) is 4.38. The maximum atomic E-state index is 5.77. The average Bonchev–Trinajstić information content (AvgIpc) is 2.58. The minimum absolute atomic E-state index is 0.165. The summed E-state index contributed by atoms with van der Waals surface area (Å²) >= 11 is 5.77. The molecule has 0 spiro atoms. The van der Waals surface area contributed by atoms with Crippen molar-refractivity contribution in [3.05, 3.63) is 59.4 Å². The minimum atomic E-state index is 0.165. The molecular formula is C20H29N4S+. The van der Waals surface area contributed by atoms with Crippen LogP contribution in [0.5, 0.6) is 0 Å². The van der Waals surface area contributed by atoms with Crippen LogP contribution in [0.1, 0.15) is 29.7 Å². The summed E-state index contributed by atoms with van der Waals surface area (Å²) in [6.07, 6.45) is 3.72. The summed E-state index contributed by atoms with van der Waals surface area (Å²) in [4.78, 5) is 7.91. The number of nitrogens with one attached hydrogen (secondary N) is 2. The monoisotopic (exact) mass is 357 g/mol. The normalized spacial score (nSPS) is 12.1. The van der Waals surface area contributed by atoms with E-state index in [1.807, 2.05) is 12.3 Å². The molecule has 1 heterocycles. The van der Waals surface area contributed by atoms with Crippen molar-refractivity contribution in [2.24, 2.45) is 0 Å². The van der Waals surface area contributed by atoms with E-state index in [-0.39, 0.29) is 6.04 Å². The Morgan fingerprint density at radius 2 is 2.04 bits per heavy atom. The molecule has 1 aromatic heterocycles. The molecule has 1 aromatic carbocycles. The predicted octanol–water partition coefficient (Wildman–Crippen LogP) is 2.60. The van der Waals surface area contributed by atoms with Crippen LogP contribution in [0.4, 0.5) is 5.69 Å². The lowest BCUT2D eigenvalue weighted by Crippen LogP contribution is -3.06. The maximum absolute atomic E-state index is 5.77. The Kier molecular flexibility index (Phi) is 6.91. The number of pyridine rings is 1. The molecule has 4 nitrogen and oxygen atoms in total. The Morgan fingerprint density at radius 1 is 1.28 bits per heavy atom. The van der Waals surface area contributed by atoms with Gasteiger partial charge in [0.2, 0.25) is 0 Å². The lowest BCUT2D eigenvalue weighted by Gasteiger charge is -2.32. The van der Waals surface area contributed by atoms with Crippen molar-refractivity contribution in [2.75, 3.05) is 32.5 Å². The number of hydrogen-bond donors (Lipinski definition) is 2. The largest absolute Gasteiger partial charge is 0.338 e. The number of aryl methyl sites for hydroxylation is 2. The molecule has 0 aliphatic heterocycles. The summed E-state index contributed by atoms with van der Waals surface area (Å²) in [6.45, 7) is 8.27. The number of quaternary nitrogens is 1. The van der Waals surface area contributed by atoms with Gasteiger partial charge in [0.25, 0.3) is 0 Å². The Bertz CT molecular complexity index is 700. The second-order valence-electron chi connectivity index (χ2n) is 6.86. The number of rotatable bonds is 6. The van der Waals surface area contributed by atoms with Crippen molar-refractivity contribution in [1.82, 2.24) is 9.88 Å². The van der Waals surface area contributed by atoms with Crippen LogP contribution >= 0.6 is 12.2 Å². The molecule has 1 unspecified atom stereocenters. The SMILES string of the molecule is Cc1ccc(C)c(NC(=S)N(CC[NH+](C)C)C(C)c2cccnc2)c1. The maximum Gasteiger partial charge on any atom is 0.174 e. The zero-order valence-electron chi connectivity index (χ0n) is 15.8. The van der Waals surface area contributed by atoms with E-state index in [4.69, 9.17) is 12.2 Å². The van der Waals surface area contributed by atoms with Crippen molar-refractivity contribution in [3.8, 4) is 0 Å². The van der Waals surface area contributed by atoms with Crippen LogP contribution in [0.25, 0.3) is 0 Å². The smallest absolute Gasteiger partial charge is 0.174 e. The van der Waals surface area contributed by atoms with E-state index < -0.39 is 0 Å². The standard InChI is InChI=1S/C20H28N4S/c1-15-8-9-16(2)19(13-15)22-20(25)24(12-11-23(4)5)17(3)18-7-6-10-21-14-18/h6-10,13-14,17H,11-12H2,1-5H3,(H,22,25)/p+1. The van der Waals surface area contributed by atoms with Crippen LogP contribution in [0.2, 0.25) is 0 Å². The van der Waals surface area contributed by atoms with Crippen molar-refractivity contribution in [2.45, 2.75) is 26.8 Å². The molecule has 5 heteroatoms. The van der Waals surface area contributed by atoms with Crippen molar-refractivity contribution in [3.63, 3.8) is 0 Å². The molecule has 0 aliphatic rings. The predicted molar refractivity (Wildman–Crippen MR) is 109 cm³/mol. The van der Waals surface area contributed by atoms with Gasteiger partial charge in [0.1, 0.15) is 0 Å². The van der Waals surface area contributed by atoms with Gasteiger partial charge in [-0.1, -0.05) is 18.2 Å². The van der Waals surface area contributed by atoms with Gasteiger partial charge in [0.05, 0.1) is 33.2 Å². The summed E-state index contributed by atoms with van der Waals surface area (Å²) in [5.74, 6) is 0. The molecule has 2 rings (SSSR count). The van der Waals surface area contributed by atoms with E-state index in [2.05, 4.69) is 74.3 Å². The second-order valence-corrected chi connectivity index (χ2v) is 7.25. The summed E-state index contributed by atoms with van der Waals surface area (Å²) in [5, 5.41) is 4.21. The van der Waals surface area contributed by atoms with Gasteiger partial charge in [-0.2, -0.15) is 0 Å². The summed E-state index contributed by atoms with van der Waals surface area (Å²) in [6, 6.07) is 10.6. The molecule has 0 fully saturated rings. The van der Waals surface area contributed by atoms with Crippen LogP contribution < -0.4 is 10.2 Å². The molecule has 134 valence electrons. The summed E-state index contributed by atoms with van der Waals surface area (Å²) in [5.41, 5.74) is 4.66. The fourth-order valence-corrected chi connectivity index (χ4v) is 3.04. The van der Waals surface area contributed by atoms with E-state index in [1.54, 1.807) is 6.20 Å². The van der Waals surface area contributed by atoms with Gasteiger partial charge >= 0.3 is 0 Å². The van der Waals surface area contributed by atoms with Crippen LogP contribution in [-0.2, 0) is 0 Å². The number of hydrogen-bond acceptors (Lipinski definition) is 2. The molecule has 2 aromatic rings. The van der Waals surface area contributed by atoms with Gasteiger partial charge in [0, 0.05) is 18.1 Å². The molecule has 1 atom stereocenters. The molecule has 0 saturated carbocycles. The van der Waals surface area contributed by atoms with Crippen LogP contribution in [0.15, 0.2) is 42.7 Å². The van der Waals surface area contributed by atoms with Crippen molar-refractivity contribution >= 4 is 23.0 Å². The lowest BCUT2D eigenvalue weighted by molar-refractivity contribution is -0.857. The highest BCUT2D eigenvalue weighted by atomic mass is 32.1. The first kappa shape index (κ1) is 19.3. The van der Waals surface area contributed by atoms with E-state index in [0.29, 0.717) is 0 Å². The van der Waals surface area contributed by atoms with Gasteiger partial charge in [-0.05, 0) is 61.8 Å². The Labute approximate surface area is 156 Å². The Balaban J connectivity index is 2.21. The van der Waals surface area contributed by atoms with Crippen LogP contribution in [0, 0.1) is 13.8 Å². The molecule has 0 saturated heterocycles. The number of thiocarbonyl (C=S) groups is 1. The lowest BCUT2D eigenvalue weighted by atomic mass is 10.1. The number of aromatic nitrogens is 1. The van der Waals surface area contributed by atoms with Gasteiger partial charge < -0.3 is 15.1 Å². The van der Waals surface area contributed by atoms with Gasteiger partial charge in [0.15, 0.2) is 5.11 Å². The van der Waals surface area contributed by atoms with Crippen molar-refractivity contribution < 1.29 is 4.90 Å². The molecule has 25 heavy (non-hydrogen) atoms. The third kappa shape index (κ3) is 5.51. The van der Waals surface area contributed by atoms with Gasteiger partial charge in [-0.25, -0.2) is 0 Å². The topological polar surface area (TPSA) is 32.6 Å². The summed E-state index contributed by atoms with van der Waals surface area (Å²) < 4.78 is 0. The molecule has 0 radical (unpaired) electrons. The minimum Gasteiger partial charge on any atom is -0.338 e. The highest BCUT2D eigenvalue weighted by Gasteiger charge is 2.20. The number of benzene rings is 1. The fourth-order valence-electron chi connectivity index (χ4n) is 2.68. The van der Waals surface area contributed by atoms with E-state index in [0.717, 1.165) is 23.9 Å². The Morgan fingerprint density at radius 3 is 2.68 bits per heavy atom. The number of likely N-dealkylation sites (N-methyl/N-ethyl adjacent to an activating group) is 1. The third-order valence-corrected chi connectivity index (χ3v) is 4.72. The highest BCUT2D eigenvalue weighted by molar-refractivity contribution is 7.80. The van der Waals surface area contributed by atoms with Gasteiger partial charge in [-0.15, -0.1) is 0 Å². The average molecular weight is 358 g/mol. The number of nitrogens with zero attached hydrogens (tertiary/aromatic N) is 2. The highest BCUT2D eigenvalue weighted by Crippen LogP contribution is 2.22. The fraction of sp³-hybridized carbons (Fsp3) is 0.400. The quantitative estimate of drug-likeness (QED) is 0.779. The van der Waals surface area contributed by atoms with E-state index in [1.165, 1.54) is 21.6 Å². The molecule has 0 aliphatic carbocycles. The van der Waals surface area contributed by atoms with Crippen molar-refractivity contribution in [1.29, 1.82) is 0 Å². The first-order chi connectivity index (χ1) is 11.9. The Hall–Kier alpha value is -1.98. The molecule has 2 N–H and O–H groups in total. The van der Waals surface area contributed by atoms with Gasteiger partial charge in [-0.3, -0.25) is 4.98 Å². The molecular weight excluding hydrogens is 328 g/mol. The number of anilines is 1.